The molecule has 0 fully saturated rings. The zero-order chi connectivity index (χ0) is 17.8. The van der Waals surface area contributed by atoms with Crippen molar-refractivity contribution in [3.8, 4) is 0 Å². The van der Waals surface area contributed by atoms with Crippen molar-refractivity contribution in [2.24, 2.45) is 0 Å². The van der Waals surface area contributed by atoms with Crippen LogP contribution in [0.25, 0.3) is 5.57 Å². The van der Waals surface area contributed by atoms with Gasteiger partial charge in [0.15, 0.2) is 0 Å². The first-order valence-electron chi connectivity index (χ1n) is 8.48. The molecule has 132 valence electrons. The summed E-state index contributed by atoms with van der Waals surface area (Å²) in [4.78, 5) is 14.7. The van der Waals surface area contributed by atoms with Gasteiger partial charge < -0.3 is 5.11 Å². The van der Waals surface area contributed by atoms with E-state index in [2.05, 4.69) is 47.0 Å². The zero-order valence-corrected chi connectivity index (χ0v) is 16.3. The molecule has 3 heterocycles. The van der Waals surface area contributed by atoms with Crippen LogP contribution in [-0.2, 0) is 4.79 Å². The van der Waals surface area contributed by atoms with E-state index >= 15 is 0 Å². The number of rotatable bonds is 6. The van der Waals surface area contributed by atoms with Crippen LogP contribution in [0.5, 0.6) is 0 Å². The van der Waals surface area contributed by atoms with Gasteiger partial charge in [0.05, 0.1) is 0 Å². The Balaban J connectivity index is 1.74. The summed E-state index contributed by atoms with van der Waals surface area (Å²) in [5.41, 5.74) is 5.80. The average molecular weight is 374 g/mol. The molecule has 0 radical (unpaired) electrons. The van der Waals surface area contributed by atoms with Crippen LogP contribution in [-0.4, -0.2) is 35.6 Å². The SMILES string of the molecule is Cc1cscc1C(=CCCN1CCC=C(C(=O)O)C1)c1sccc1C. The van der Waals surface area contributed by atoms with E-state index in [1.165, 1.54) is 27.1 Å². The Hall–Kier alpha value is -1.69. The Morgan fingerprint density at radius 1 is 1.32 bits per heavy atom. The summed E-state index contributed by atoms with van der Waals surface area (Å²) < 4.78 is 0. The molecule has 0 atom stereocenters. The highest BCUT2D eigenvalue weighted by molar-refractivity contribution is 7.11. The van der Waals surface area contributed by atoms with E-state index in [0.29, 0.717) is 12.1 Å². The molecule has 0 unspecified atom stereocenters. The maximum Gasteiger partial charge on any atom is 0.332 e. The van der Waals surface area contributed by atoms with Gasteiger partial charge in [-0.1, -0.05) is 12.2 Å². The zero-order valence-electron chi connectivity index (χ0n) is 14.6. The van der Waals surface area contributed by atoms with E-state index in [4.69, 9.17) is 0 Å². The van der Waals surface area contributed by atoms with Crippen LogP contribution in [0, 0.1) is 13.8 Å². The number of aliphatic carboxylic acids is 1. The molecule has 1 aliphatic heterocycles. The quantitative estimate of drug-likeness (QED) is 0.777. The summed E-state index contributed by atoms with van der Waals surface area (Å²) in [6.45, 7) is 6.71. The number of nitrogens with zero attached hydrogens (tertiary/aromatic N) is 1. The maximum atomic E-state index is 11.2. The smallest absolute Gasteiger partial charge is 0.332 e. The first-order chi connectivity index (χ1) is 12.1. The summed E-state index contributed by atoms with van der Waals surface area (Å²) >= 11 is 3.53. The van der Waals surface area contributed by atoms with Gasteiger partial charge in [0, 0.05) is 30.1 Å². The van der Waals surface area contributed by atoms with Crippen molar-refractivity contribution in [3.05, 3.63) is 61.5 Å². The second-order valence-electron chi connectivity index (χ2n) is 6.41. The first-order valence-corrected chi connectivity index (χ1v) is 10.3. The van der Waals surface area contributed by atoms with Crippen LogP contribution in [0.4, 0.5) is 0 Å². The van der Waals surface area contributed by atoms with E-state index in [1.54, 1.807) is 22.7 Å². The molecule has 1 N–H and O–H groups in total. The van der Waals surface area contributed by atoms with Crippen LogP contribution in [0.2, 0.25) is 0 Å². The highest BCUT2D eigenvalue weighted by Gasteiger charge is 2.17. The van der Waals surface area contributed by atoms with E-state index in [1.807, 2.05) is 6.08 Å². The van der Waals surface area contributed by atoms with Crippen LogP contribution in [0.1, 0.15) is 34.4 Å². The lowest BCUT2D eigenvalue weighted by molar-refractivity contribution is -0.133. The highest BCUT2D eigenvalue weighted by Crippen LogP contribution is 2.34. The minimum absolute atomic E-state index is 0.526. The third-order valence-electron chi connectivity index (χ3n) is 4.55. The van der Waals surface area contributed by atoms with Crippen LogP contribution >= 0.6 is 22.7 Å². The second kappa shape index (κ2) is 8.13. The number of carboxylic acid groups (broad SMARTS) is 1. The van der Waals surface area contributed by atoms with Gasteiger partial charge in [0.1, 0.15) is 0 Å². The number of hydrogen-bond donors (Lipinski definition) is 1. The Morgan fingerprint density at radius 2 is 2.16 bits per heavy atom. The topological polar surface area (TPSA) is 40.5 Å². The lowest BCUT2D eigenvalue weighted by atomic mass is 10.0. The molecule has 25 heavy (non-hydrogen) atoms. The summed E-state index contributed by atoms with van der Waals surface area (Å²) in [6.07, 6.45) is 5.93. The fourth-order valence-corrected chi connectivity index (χ4v) is 4.98. The summed E-state index contributed by atoms with van der Waals surface area (Å²) in [5.74, 6) is -0.788. The molecule has 2 aromatic heterocycles. The van der Waals surface area contributed by atoms with Crippen LogP contribution in [0.3, 0.4) is 0 Å². The van der Waals surface area contributed by atoms with E-state index in [0.717, 1.165) is 25.9 Å². The van der Waals surface area contributed by atoms with Crippen molar-refractivity contribution in [1.29, 1.82) is 0 Å². The molecular formula is C20H23NO2S2. The van der Waals surface area contributed by atoms with Gasteiger partial charge in [-0.2, -0.15) is 11.3 Å². The molecule has 1 aliphatic rings. The van der Waals surface area contributed by atoms with Gasteiger partial charge in [-0.25, -0.2) is 4.79 Å². The van der Waals surface area contributed by atoms with Gasteiger partial charge in [-0.05, 0) is 71.2 Å². The lowest BCUT2D eigenvalue weighted by Crippen LogP contribution is -2.32. The fourth-order valence-electron chi connectivity index (χ4n) is 3.15. The first kappa shape index (κ1) is 18.1. The maximum absolute atomic E-state index is 11.2. The van der Waals surface area contributed by atoms with Crippen molar-refractivity contribution >= 4 is 34.2 Å². The normalized spacial score (nSPS) is 16.1. The molecule has 0 saturated heterocycles. The molecule has 0 spiro atoms. The van der Waals surface area contributed by atoms with Crippen molar-refractivity contribution in [1.82, 2.24) is 4.90 Å². The standard InChI is InChI=1S/C20H23NO2S2/c1-14-7-10-25-19(14)17(18-13-24-12-15(18)2)6-4-9-21-8-3-5-16(11-21)20(22)23/h5-7,10,12-13H,3-4,8-9,11H2,1-2H3,(H,22,23). The molecule has 0 saturated carbocycles. The minimum atomic E-state index is -0.788. The minimum Gasteiger partial charge on any atom is -0.478 e. The summed E-state index contributed by atoms with van der Waals surface area (Å²) in [6, 6.07) is 2.17. The van der Waals surface area contributed by atoms with Gasteiger partial charge in [-0.3, -0.25) is 4.90 Å². The van der Waals surface area contributed by atoms with Crippen molar-refractivity contribution in [3.63, 3.8) is 0 Å². The third kappa shape index (κ3) is 4.29. The van der Waals surface area contributed by atoms with E-state index < -0.39 is 5.97 Å². The average Bonchev–Trinajstić information content (AvgIpc) is 3.21. The molecule has 0 aromatic carbocycles. The summed E-state index contributed by atoms with van der Waals surface area (Å²) in [7, 11) is 0. The van der Waals surface area contributed by atoms with E-state index in [9.17, 15) is 9.90 Å². The van der Waals surface area contributed by atoms with Gasteiger partial charge >= 0.3 is 5.97 Å². The summed E-state index contributed by atoms with van der Waals surface area (Å²) in [5, 5.41) is 15.7. The van der Waals surface area contributed by atoms with Crippen molar-refractivity contribution in [2.45, 2.75) is 26.7 Å². The third-order valence-corrected chi connectivity index (χ3v) is 6.46. The molecule has 5 heteroatoms. The number of carboxylic acids is 1. The Kier molecular flexibility index (Phi) is 5.89. The Bertz CT molecular complexity index is 771. The molecule has 0 aliphatic carbocycles. The monoisotopic (exact) mass is 373 g/mol. The second-order valence-corrected chi connectivity index (χ2v) is 8.07. The van der Waals surface area contributed by atoms with Gasteiger partial charge in [0.25, 0.3) is 0 Å². The number of hydrogen-bond acceptors (Lipinski definition) is 4. The molecule has 2 aromatic rings. The van der Waals surface area contributed by atoms with Crippen molar-refractivity contribution < 1.29 is 9.90 Å². The number of carbonyl (C=O) groups is 1. The molecule has 0 amide bonds. The lowest BCUT2D eigenvalue weighted by Gasteiger charge is -2.25. The van der Waals surface area contributed by atoms with Crippen LogP contribution in [0.15, 0.2) is 39.9 Å². The van der Waals surface area contributed by atoms with Gasteiger partial charge in [-0.15, -0.1) is 11.3 Å². The van der Waals surface area contributed by atoms with Gasteiger partial charge in [0.2, 0.25) is 0 Å². The van der Waals surface area contributed by atoms with Crippen LogP contribution < -0.4 is 0 Å². The molecule has 3 rings (SSSR count). The number of thiophene rings is 2. The molecule has 0 bridgehead atoms. The fraction of sp³-hybridized carbons (Fsp3) is 0.350. The highest BCUT2D eigenvalue weighted by atomic mass is 32.1. The molecular weight excluding hydrogens is 350 g/mol. The number of aryl methyl sites for hydroxylation is 2. The Morgan fingerprint density at radius 3 is 2.80 bits per heavy atom. The van der Waals surface area contributed by atoms with Crippen molar-refractivity contribution in [2.75, 3.05) is 19.6 Å². The molecule has 3 nitrogen and oxygen atoms in total. The predicted molar refractivity (Wildman–Crippen MR) is 107 cm³/mol. The predicted octanol–water partition coefficient (Wildman–Crippen LogP) is 4.96. The Labute approximate surface area is 156 Å². The largest absolute Gasteiger partial charge is 0.478 e. The van der Waals surface area contributed by atoms with E-state index in [-0.39, 0.29) is 0 Å².